The van der Waals surface area contributed by atoms with Crippen LogP contribution in [0.2, 0.25) is 0 Å². The summed E-state index contributed by atoms with van der Waals surface area (Å²) in [4.78, 5) is 3.25. The van der Waals surface area contributed by atoms with Gasteiger partial charge in [-0.15, -0.1) is 0 Å². The van der Waals surface area contributed by atoms with Gasteiger partial charge in [-0.2, -0.15) is 0 Å². The second-order valence-corrected chi connectivity index (χ2v) is 0.384. The maximum atomic E-state index is 10.4. The van der Waals surface area contributed by atoms with E-state index in [4.69, 9.17) is 0 Å². The lowest BCUT2D eigenvalue weighted by molar-refractivity contribution is -0.378. The van der Waals surface area contributed by atoms with Crippen molar-refractivity contribution in [1.29, 1.82) is 0 Å². The van der Waals surface area contributed by atoms with Crippen LogP contribution < -0.4 is 0 Å². The van der Waals surface area contributed by atoms with Crippen molar-refractivity contribution in [3.63, 3.8) is 0 Å². The van der Waals surface area contributed by atoms with Crippen molar-refractivity contribution in [2.24, 2.45) is 0 Å². The predicted molar refractivity (Wildman–Crippen MR) is 11.1 cm³/mol. The van der Waals surface area contributed by atoms with Crippen molar-refractivity contribution >= 4 is 0 Å². The maximum Gasteiger partial charge on any atom is 0.159 e. The molecule has 0 atom stereocenters. The maximum absolute atomic E-state index is 10.4. The summed E-state index contributed by atoms with van der Waals surface area (Å²) in [5, 5.41) is 0. The van der Waals surface area contributed by atoms with Gasteiger partial charge in [-0.05, 0) is 0 Å². The molecule has 32 valence electrons. The second kappa shape index (κ2) is 2.04. The van der Waals surface area contributed by atoms with Gasteiger partial charge in [-0.3, -0.25) is 0 Å². The Balaban J connectivity index is 2.54. The van der Waals surface area contributed by atoms with Gasteiger partial charge in [0.05, 0.1) is 7.11 Å². The summed E-state index contributed by atoms with van der Waals surface area (Å²) in [6.45, 7) is 0. The summed E-state index contributed by atoms with van der Waals surface area (Å²) < 4.78 is 20.8. The zero-order valence-corrected chi connectivity index (χ0v) is 2.61. The van der Waals surface area contributed by atoms with E-state index in [0.29, 0.717) is 0 Å². The number of hydrogen-bond donors (Lipinski definition) is 0. The molecule has 0 rings (SSSR count). The molecule has 0 saturated carbocycles. The average Bonchev–Trinajstić information content (AvgIpc) is 1.38. The van der Waals surface area contributed by atoms with Crippen molar-refractivity contribution in [3.8, 4) is 0 Å². The number of halogens is 2. The summed E-state index contributed by atoms with van der Waals surface area (Å²) in [6, 6.07) is 0. The molecule has 0 aliphatic carbocycles. The summed E-state index contributed by atoms with van der Waals surface area (Å²) in [6.07, 6.45) is 0. The molecule has 0 aromatic rings. The van der Waals surface area contributed by atoms with Gasteiger partial charge in [0.25, 0.3) is 0 Å². The van der Waals surface area contributed by atoms with E-state index in [1.807, 2.05) is 0 Å². The van der Waals surface area contributed by atoms with Crippen LogP contribution in [0.5, 0.6) is 0 Å². The van der Waals surface area contributed by atoms with Crippen LogP contribution in [0.25, 0.3) is 0 Å². The van der Waals surface area contributed by atoms with E-state index in [2.05, 4.69) is 4.84 Å². The van der Waals surface area contributed by atoms with Gasteiger partial charge in [0.15, 0.2) is 5.51 Å². The van der Waals surface area contributed by atoms with E-state index in [0.717, 1.165) is 7.11 Å². The van der Waals surface area contributed by atoms with Gasteiger partial charge in [0.1, 0.15) is 0 Å². The first-order valence-electron chi connectivity index (χ1n) is 0.929. The minimum atomic E-state index is -1.38. The van der Waals surface area contributed by atoms with E-state index >= 15 is 0 Å². The molecular weight excluding hydrogens is 80.0 g/mol. The van der Waals surface area contributed by atoms with E-state index in [-0.39, 0.29) is 0 Å². The van der Waals surface area contributed by atoms with Gasteiger partial charge in [0, 0.05) is 0 Å². The molecule has 0 aliphatic heterocycles. The van der Waals surface area contributed by atoms with Crippen molar-refractivity contribution in [2.45, 2.75) is 0 Å². The fourth-order valence-electron chi connectivity index (χ4n) is 0. The Morgan fingerprint density at radius 3 is 1.80 bits per heavy atom. The van der Waals surface area contributed by atoms with Crippen LogP contribution in [-0.2, 0) is 4.84 Å². The van der Waals surface area contributed by atoms with Crippen molar-refractivity contribution in [2.75, 3.05) is 7.11 Å². The van der Waals surface area contributed by atoms with Crippen LogP contribution in [-0.4, -0.2) is 12.6 Å². The first-order chi connectivity index (χ1) is 2.27. The Hall–Kier alpha value is -0.220. The van der Waals surface area contributed by atoms with Crippen molar-refractivity contribution < 1.29 is 13.8 Å². The summed E-state index contributed by atoms with van der Waals surface area (Å²) in [7, 11) is 0.875. The minimum absolute atomic E-state index is 0.875. The Kier molecular flexibility index (Phi) is 1.95. The molecule has 0 unspecified atom stereocenters. The van der Waals surface area contributed by atoms with E-state index in [1.54, 1.807) is 0 Å². The highest BCUT2D eigenvalue weighted by Gasteiger charge is 1.85. The first kappa shape index (κ1) is 4.78. The standard InChI is InChI=1S/CH3F2NO/c1-5-4(2)3/h1H3. The molecule has 0 amide bonds. The molecule has 0 heterocycles. The van der Waals surface area contributed by atoms with Gasteiger partial charge in [-0.1, -0.05) is 8.96 Å². The molecule has 0 spiro atoms. The number of nitrogens with zero attached hydrogens (tertiary/aromatic N) is 1. The lowest BCUT2D eigenvalue weighted by Crippen LogP contribution is -1.94. The molecule has 0 aromatic carbocycles. The molecule has 0 aromatic heterocycles. The van der Waals surface area contributed by atoms with Gasteiger partial charge >= 0.3 is 0 Å². The molecule has 0 saturated heterocycles. The monoisotopic (exact) mass is 83.0 g/mol. The third-order valence-electron chi connectivity index (χ3n) is 0.138. The quantitative estimate of drug-likeness (QED) is 0.340. The normalized spacial score (nSPS) is 9.60. The highest BCUT2D eigenvalue weighted by Crippen LogP contribution is 1.82. The SMILES string of the molecule is CON(F)F. The number of rotatable bonds is 1. The molecule has 4 heteroatoms. The third kappa shape index (κ3) is 3.78. The fourth-order valence-corrected chi connectivity index (χ4v) is 0. The predicted octanol–water partition coefficient (Wildman–Crippen LogP) is 0.619. The lowest BCUT2D eigenvalue weighted by atomic mass is 11.7. The summed E-state index contributed by atoms with van der Waals surface area (Å²) >= 11 is 0. The Morgan fingerprint density at radius 1 is 1.60 bits per heavy atom. The second-order valence-electron chi connectivity index (χ2n) is 0.384. The smallest absolute Gasteiger partial charge is 0.159 e. The zero-order valence-electron chi connectivity index (χ0n) is 2.61. The molecule has 0 bridgehead atoms. The third-order valence-corrected chi connectivity index (χ3v) is 0.138. The topological polar surface area (TPSA) is 12.5 Å². The zero-order chi connectivity index (χ0) is 4.28. The average molecular weight is 83.0 g/mol. The van der Waals surface area contributed by atoms with Gasteiger partial charge in [-0.25, -0.2) is 4.84 Å². The van der Waals surface area contributed by atoms with E-state index in [9.17, 15) is 8.96 Å². The number of hydrogen-bond acceptors (Lipinski definition) is 2. The summed E-state index contributed by atoms with van der Waals surface area (Å²) in [5.41, 5.74) is -1.38. The Bertz CT molecular complexity index is 23.6. The van der Waals surface area contributed by atoms with Crippen LogP contribution in [0, 0.1) is 0 Å². The van der Waals surface area contributed by atoms with E-state index in [1.165, 1.54) is 0 Å². The van der Waals surface area contributed by atoms with Crippen LogP contribution in [0.3, 0.4) is 0 Å². The van der Waals surface area contributed by atoms with E-state index < -0.39 is 5.51 Å². The molecule has 0 aliphatic rings. The molecule has 0 radical (unpaired) electrons. The molecule has 0 fully saturated rings. The highest BCUT2D eigenvalue weighted by atomic mass is 19.4. The minimum Gasteiger partial charge on any atom is -0.246 e. The lowest BCUT2D eigenvalue weighted by Gasteiger charge is -1.86. The highest BCUT2D eigenvalue weighted by molar-refractivity contribution is 3.53. The first-order valence-corrected chi connectivity index (χ1v) is 0.929. The molecule has 0 N–H and O–H groups in total. The van der Waals surface area contributed by atoms with Crippen molar-refractivity contribution in [3.05, 3.63) is 0 Å². The summed E-state index contributed by atoms with van der Waals surface area (Å²) in [5.74, 6) is 0. The van der Waals surface area contributed by atoms with Crippen LogP contribution in [0.4, 0.5) is 8.96 Å². The largest absolute Gasteiger partial charge is 0.246 e. The van der Waals surface area contributed by atoms with Crippen LogP contribution in [0.1, 0.15) is 0 Å². The van der Waals surface area contributed by atoms with Gasteiger partial charge < -0.3 is 0 Å². The Morgan fingerprint density at radius 2 is 1.80 bits per heavy atom. The Labute approximate surface area is 27.8 Å². The fraction of sp³-hybridized carbons (Fsp3) is 1.00. The molecule has 2 nitrogen and oxygen atoms in total. The molecule has 5 heavy (non-hydrogen) atoms. The van der Waals surface area contributed by atoms with Crippen molar-refractivity contribution in [1.82, 2.24) is 5.51 Å². The van der Waals surface area contributed by atoms with Gasteiger partial charge in [0.2, 0.25) is 0 Å². The van der Waals surface area contributed by atoms with Crippen LogP contribution >= 0.6 is 0 Å². The molecular formula is CH3F2NO. The van der Waals surface area contributed by atoms with Crippen LogP contribution in [0.15, 0.2) is 0 Å².